The fourth-order valence-corrected chi connectivity index (χ4v) is 3.00. The van der Waals surface area contributed by atoms with E-state index < -0.39 is 5.82 Å². The van der Waals surface area contributed by atoms with Gasteiger partial charge in [-0.2, -0.15) is 0 Å². The highest BCUT2D eigenvalue weighted by Crippen LogP contribution is 2.30. The lowest BCUT2D eigenvalue weighted by Gasteiger charge is -2.26. The molecule has 1 aromatic rings. The van der Waals surface area contributed by atoms with Crippen molar-refractivity contribution >= 4 is 29.9 Å². The Kier molecular flexibility index (Phi) is 5.47. The summed E-state index contributed by atoms with van der Waals surface area (Å²) in [5.41, 5.74) is 0.401. The number of nitrogens with zero attached hydrogens (tertiary/aromatic N) is 1. The van der Waals surface area contributed by atoms with Crippen LogP contribution in [-0.2, 0) is 0 Å². The third-order valence-corrected chi connectivity index (χ3v) is 4.30. The molecule has 6 heteroatoms. The van der Waals surface area contributed by atoms with Gasteiger partial charge in [-0.25, -0.2) is 4.39 Å². The molecule has 1 aliphatic heterocycles. The van der Waals surface area contributed by atoms with E-state index in [0.29, 0.717) is 17.6 Å². The second kappa shape index (κ2) is 6.95. The quantitative estimate of drug-likeness (QED) is 0.917. The second-order valence-corrected chi connectivity index (χ2v) is 6.01. The molecule has 3 nitrogen and oxygen atoms in total. The first-order valence-corrected chi connectivity index (χ1v) is 7.52. The topological polar surface area (TPSA) is 32.3 Å². The van der Waals surface area contributed by atoms with Crippen LogP contribution in [0.2, 0.25) is 5.02 Å². The Bertz CT molecular complexity index is 516. The van der Waals surface area contributed by atoms with Gasteiger partial charge in [0.1, 0.15) is 5.82 Å². The monoisotopic (exact) mass is 332 g/mol. The van der Waals surface area contributed by atoms with E-state index in [1.165, 1.54) is 18.2 Å². The summed E-state index contributed by atoms with van der Waals surface area (Å²) in [6.45, 7) is 1.74. The molecule has 1 saturated heterocycles. The second-order valence-electron chi connectivity index (χ2n) is 5.61. The minimum Gasteiger partial charge on any atom is -0.334 e. The van der Waals surface area contributed by atoms with Crippen molar-refractivity contribution in [2.75, 3.05) is 13.1 Å². The SMILES string of the molecule is Cl.O=C(c1ccc(F)cc1Cl)N(CC1CCCN1)C1CC1. The first-order valence-electron chi connectivity index (χ1n) is 7.14. The van der Waals surface area contributed by atoms with Crippen LogP contribution in [0.1, 0.15) is 36.0 Å². The number of halogens is 3. The predicted molar refractivity (Wildman–Crippen MR) is 83.7 cm³/mol. The van der Waals surface area contributed by atoms with Gasteiger partial charge < -0.3 is 10.2 Å². The van der Waals surface area contributed by atoms with Crippen LogP contribution in [0.4, 0.5) is 4.39 Å². The molecule has 1 atom stereocenters. The standard InChI is InChI=1S/C15H18ClFN2O.ClH/c16-14-8-10(17)3-6-13(14)15(20)19(12-4-5-12)9-11-2-1-7-18-11;/h3,6,8,11-12,18H,1-2,4-5,7,9H2;1H. The van der Waals surface area contributed by atoms with Crippen LogP contribution < -0.4 is 5.32 Å². The molecule has 1 unspecified atom stereocenters. The number of hydrogen-bond acceptors (Lipinski definition) is 2. The molecule has 1 saturated carbocycles. The maximum atomic E-state index is 13.1. The minimum absolute atomic E-state index is 0. The molecule has 1 heterocycles. The molecule has 21 heavy (non-hydrogen) atoms. The van der Waals surface area contributed by atoms with Gasteiger partial charge in [0.15, 0.2) is 0 Å². The number of benzene rings is 1. The largest absolute Gasteiger partial charge is 0.334 e. The van der Waals surface area contributed by atoms with Crippen LogP contribution in [0.15, 0.2) is 18.2 Å². The van der Waals surface area contributed by atoms with Gasteiger partial charge in [-0.05, 0) is 50.4 Å². The summed E-state index contributed by atoms with van der Waals surface area (Å²) in [4.78, 5) is 14.5. The fraction of sp³-hybridized carbons (Fsp3) is 0.533. The van der Waals surface area contributed by atoms with Crippen LogP contribution in [0, 0.1) is 5.82 Å². The van der Waals surface area contributed by atoms with Crippen LogP contribution in [0.25, 0.3) is 0 Å². The van der Waals surface area contributed by atoms with Gasteiger partial charge in [0.2, 0.25) is 0 Å². The van der Waals surface area contributed by atoms with Gasteiger partial charge >= 0.3 is 0 Å². The highest BCUT2D eigenvalue weighted by atomic mass is 35.5. The van der Waals surface area contributed by atoms with E-state index in [-0.39, 0.29) is 23.3 Å². The number of hydrogen-bond donors (Lipinski definition) is 1. The maximum absolute atomic E-state index is 13.1. The van der Waals surface area contributed by atoms with Gasteiger partial charge in [0.25, 0.3) is 5.91 Å². The molecule has 0 bridgehead atoms. The van der Waals surface area contributed by atoms with Crippen molar-refractivity contribution in [1.29, 1.82) is 0 Å². The van der Waals surface area contributed by atoms with Crippen LogP contribution in [-0.4, -0.2) is 36.0 Å². The van der Waals surface area contributed by atoms with Crippen molar-refractivity contribution in [1.82, 2.24) is 10.2 Å². The Morgan fingerprint density at radius 1 is 1.38 bits per heavy atom. The smallest absolute Gasteiger partial charge is 0.255 e. The molecule has 1 aliphatic carbocycles. The molecule has 0 radical (unpaired) electrons. The van der Waals surface area contributed by atoms with Gasteiger partial charge in [0, 0.05) is 18.6 Å². The molecular weight excluding hydrogens is 314 g/mol. The van der Waals surface area contributed by atoms with Crippen molar-refractivity contribution in [3.05, 3.63) is 34.6 Å². The Morgan fingerprint density at radius 2 is 2.14 bits per heavy atom. The van der Waals surface area contributed by atoms with Gasteiger partial charge in [0.05, 0.1) is 10.6 Å². The van der Waals surface area contributed by atoms with E-state index in [4.69, 9.17) is 11.6 Å². The third kappa shape index (κ3) is 3.87. The summed E-state index contributed by atoms with van der Waals surface area (Å²) in [7, 11) is 0. The lowest BCUT2D eigenvalue weighted by molar-refractivity contribution is 0.0728. The lowest BCUT2D eigenvalue weighted by Crippen LogP contribution is -2.42. The van der Waals surface area contributed by atoms with E-state index in [2.05, 4.69) is 5.32 Å². The summed E-state index contributed by atoms with van der Waals surface area (Å²) in [6, 6.07) is 4.67. The van der Waals surface area contributed by atoms with Gasteiger partial charge in [-0.3, -0.25) is 4.79 Å². The third-order valence-electron chi connectivity index (χ3n) is 3.99. The van der Waals surface area contributed by atoms with Crippen molar-refractivity contribution in [3.63, 3.8) is 0 Å². The van der Waals surface area contributed by atoms with Crippen LogP contribution >= 0.6 is 24.0 Å². The van der Waals surface area contributed by atoms with Crippen LogP contribution in [0.3, 0.4) is 0 Å². The Labute approximate surface area is 135 Å². The van der Waals surface area contributed by atoms with E-state index in [9.17, 15) is 9.18 Å². The highest BCUT2D eigenvalue weighted by molar-refractivity contribution is 6.33. The lowest BCUT2D eigenvalue weighted by atomic mass is 10.1. The van der Waals surface area contributed by atoms with E-state index in [0.717, 1.165) is 38.8 Å². The maximum Gasteiger partial charge on any atom is 0.255 e. The molecule has 2 fully saturated rings. The zero-order valence-electron chi connectivity index (χ0n) is 11.6. The van der Waals surface area contributed by atoms with E-state index >= 15 is 0 Å². The normalized spacial score (nSPS) is 21.0. The van der Waals surface area contributed by atoms with Gasteiger partial charge in [-0.15, -0.1) is 12.4 Å². The van der Waals surface area contributed by atoms with E-state index in [1.54, 1.807) is 0 Å². The minimum atomic E-state index is -0.415. The van der Waals surface area contributed by atoms with Crippen molar-refractivity contribution in [3.8, 4) is 0 Å². The van der Waals surface area contributed by atoms with Gasteiger partial charge in [-0.1, -0.05) is 11.6 Å². The Morgan fingerprint density at radius 3 is 2.71 bits per heavy atom. The zero-order valence-corrected chi connectivity index (χ0v) is 13.2. The Balaban J connectivity index is 0.00000161. The first-order chi connectivity index (χ1) is 9.65. The summed E-state index contributed by atoms with van der Waals surface area (Å²) in [6.07, 6.45) is 4.37. The molecule has 1 aromatic carbocycles. The molecule has 1 amide bonds. The van der Waals surface area contributed by atoms with Crippen LogP contribution in [0.5, 0.6) is 0 Å². The predicted octanol–water partition coefficient (Wildman–Crippen LogP) is 3.26. The molecule has 1 N–H and O–H groups in total. The average molecular weight is 333 g/mol. The van der Waals surface area contributed by atoms with Crippen molar-refractivity contribution < 1.29 is 9.18 Å². The summed E-state index contributed by atoms with van der Waals surface area (Å²) < 4.78 is 13.1. The number of carbonyl (C=O) groups is 1. The molecule has 0 spiro atoms. The molecule has 116 valence electrons. The Hall–Kier alpha value is -0.840. The number of rotatable bonds is 4. The fourth-order valence-electron chi connectivity index (χ4n) is 2.75. The number of nitrogens with one attached hydrogen (secondary N) is 1. The van der Waals surface area contributed by atoms with E-state index in [1.807, 2.05) is 4.90 Å². The average Bonchev–Trinajstić information content (AvgIpc) is 3.12. The molecular formula is C15H19Cl2FN2O. The summed E-state index contributed by atoms with van der Waals surface area (Å²) in [5.74, 6) is -0.492. The van der Waals surface area contributed by atoms with Crippen molar-refractivity contribution in [2.45, 2.75) is 37.8 Å². The van der Waals surface area contributed by atoms with Crippen molar-refractivity contribution in [2.24, 2.45) is 0 Å². The summed E-state index contributed by atoms with van der Waals surface area (Å²) in [5, 5.41) is 3.61. The molecule has 0 aromatic heterocycles. The first kappa shape index (κ1) is 16.5. The number of carbonyl (C=O) groups excluding carboxylic acids is 1. The number of amides is 1. The summed E-state index contributed by atoms with van der Waals surface area (Å²) >= 11 is 6.01. The molecule has 3 rings (SSSR count). The zero-order chi connectivity index (χ0) is 14.1. The molecule has 2 aliphatic rings. The highest BCUT2D eigenvalue weighted by Gasteiger charge is 2.35.